The Morgan fingerprint density at radius 3 is 2.61 bits per heavy atom. The molecule has 0 radical (unpaired) electrons. The van der Waals surface area contributed by atoms with E-state index in [9.17, 15) is 13.2 Å². The number of rotatable bonds is 4. The molecule has 0 amide bonds. The minimum atomic E-state index is -4.54. The Balaban J connectivity index is 2.97. The molecular weight excluding hydrogens is 243 g/mol. The Kier molecular flexibility index (Phi) is 4.38. The zero-order chi connectivity index (χ0) is 13.8. The second-order valence-electron chi connectivity index (χ2n) is 3.88. The second kappa shape index (κ2) is 5.58. The van der Waals surface area contributed by atoms with Crippen molar-refractivity contribution in [1.29, 1.82) is 5.26 Å². The van der Waals surface area contributed by atoms with Gasteiger partial charge in [0, 0.05) is 6.42 Å². The zero-order valence-electron chi connectivity index (χ0n) is 9.84. The van der Waals surface area contributed by atoms with Gasteiger partial charge in [-0.2, -0.15) is 18.4 Å². The van der Waals surface area contributed by atoms with E-state index in [4.69, 9.17) is 10.00 Å². The van der Waals surface area contributed by atoms with Crippen molar-refractivity contribution in [3.63, 3.8) is 0 Å². The standard InChI is InChI=1S/C13H12F3NO/c1-9(2)5-6-18-12-4-3-10(8-17)7-11(12)13(14,15)16/h3-4,7H,1,5-6H2,2H3. The molecule has 0 aliphatic carbocycles. The van der Waals surface area contributed by atoms with Crippen molar-refractivity contribution in [2.75, 3.05) is 6.61 Å². The van der Waals surface area contributed by atoms with Crippen LogP contribution in [0.2, 0.25) is 0 Å². The fraction of sp³-hybridized carbons (Fsp3) is 0.308. The molecule has 0 spiro atoms. The molecule has 0 atom stereocenters. The molecule has 1 rings (SSSR count). The number of nitriles is 1. The van der Waals surface area contributed by atoms with Gasteiger partial charge in [-0.3, -0.25) is 0 Å². The highest BCUT2D eigenvalue weighted by atomic mass is 19.4. The maximum absolute atomic E-state index is 12.7. The van der Waals surface area contributed by atoms with Gasteiger partial charge in [0.1, 0.15) is 5.75 Å². The Hall–Kier alpha value is -1.96. The third-order valence-corrected chi connectivity index (χ3v) is 2.20. The summed E-state index contributed by atoms with van der Waals surface area (Å²) in [6, 6.07) is 4.92. The van der Waals surface area contributed by atoms with Crippen LogP contribution in [0.4, 0.5) is 13.2 Å². The topological polar surface area (TPSA) is 33.0 Å². The zero-order valence-corrected chi connectivity index (χ0v) is 9.84. The summed E-state index contributed by atoms with van der Waals surface area (Å²) in [4.78, 5) is 0. The van der Waals surface area contributed by atoms with E-state index in [1.165, 1.54) is 12.1 Å². The van der Waals surface area contributed by atoms with Gasteiger partial charge in [-0.25, -0.2) is 0 Å². The fourth-order valence-electron chi connectivity index (χ4n) is 1.28. The average molecular weight is 255 g/mol. The van der Waals surface area contributed by atoms with Crippen LogP contribution in [0.15, 0.2) is 30.4 Å². The first-order valence-electron chi connectivity index (χ1n) is 5.23. The van der Waals surface area contributed by atoms with Crippen LogP contribution in [0, 0.1) is 11.3 Å². The molecule has 0 aliphatic heterocycles. The van der Waals surface area contributed by atoms with Gasteiger partial charge < -0.3 is 4.74 Å². The van der Waals surface area contributed by atoms with Crippen molar-refractivity contribution in [2.24, 2.45) is 0 Å². The van der Waals surface area contributed by atoms with E-state index in [2.05, 4.69) is 6.58 Å². The Labute approximate surface area is 103 Å². The van der Waals surface area contributed by atoms with E-state index in [-0.39, 0.29) is 17.9 Å². The summed E-state index contributed by atoms with van der Waals surface area (Å²) in [5.74, 6) is -0.261. The molecule has 1 aromatic rings. The monoisotopic (exact) mass is 255 g/mol. The second-order valence-corrected chi connectivity index (χ2v) is 3.88. The number of benzene rings is 1. The molecule has 0 saturated heterocycles. The van der Waals surface area contributed by atoms with Crippen LogP contribution < -0.4 is 4.74 Å². The van der Waals surface area contributed by atoms with E-state index >= 15 is 0 Å². The number of ether oxygens (including phenoxy) is 1. The number of alkyl halides is 3. The fourth-order valence-corrected chi connectivity index (χ4v) is 1.28. The minimum Gasteiger partial charge on any atom is -0.493 e. The van der Waals surface area contributed by atoms with Gasteiger partial charge in [0.05, 0.1) is 23.8 Å². The normalized spacial score (nSPS) is 10.8. The number of hydrogen-bond acceptors (Lipinski definition) is 2. The van der Waals surface area contributed by atoms with Crippen LogP contribution in [0.3, 0.4) is 0 Å². The van der Waals surface area contributed by atoms with Gasteiger partial charge in [0.15, 0.2) is 0 Å². The smallest absolute Gasteiger partial charge is 0.420 e. The molecular formula is C13H12F3NO. The SMILES string of the molecule is C=C(C)CCOc1ccc(C#N)cc1C(F)(F)F. The molecule has 0 fully saturated rings. The summed E-state index contributed by atoms with van der Waals surface area (Å²) in [5.41, 5.74) is -0.143. The summed E-state index contributed by atoms with van der Waals surface area (Å²) in [7, 11) is 0. The Morgan fingerprint density at radius 2 is 2.11 bits per heavy atom. The van der Waals surface area contributed by atoms with E-state index in [0.717, 1.165) is 11.6 Å². The van der Waals surface area contributed by atoms with Gasteiger partial charge in [-0.05, 0) is 25.1 Å². The molecule has 18 heavy (non-hydrogen) atoms. The highest BCUT2D eigenvalue weighted by Gasteiger charge is 2.34. The average Bonchev–Trinajstić information content (AvgIpc) is 2.27. The first-order valence-corrected chi connectivity index (χ1v) is 5.23. The van der Waals surface area contributed by atoms with Gasteiger partial charge >= 0.3 is 6.18 Å². The Bertz CT molecular complexity index is 486. The van der Waals surface area contributed by atoms with Crippen molar-refractivity contribution in [1.82, 2.24) is 0 Å². The maximum atomic E-state index is 12.7. The highest BCUT2D eigenvalue weighted by Crippen LogP contribution is 2.36. The van der Waals surface area contributed by atoms with Crippen molar-refractivity contribution in [3.05, 3.63) is 41.5 Å². The number of nitrogens with zero attached hydrogens (tertiary/aromatic N) is 1. The molecule has 0 N–H and O–H groups in total. The lowest BCUT2D eigenvalue weighted by Gasteiger charge is -2.14. The summed E-state index contributed by atoms with van der Waals surface area (Å²) in [6.07, 6.45) is -4.05. The van der Waals surface area contributed by atoms with Gasteiger partial charge in [0.25, 0.3) is 0 Å². The van der Waals surface area contributed by atoms with Crippen LogP contribution in [0.25, 0.3) is 0 Å². The predicted molar refractivity (Wildman–Crippen MR) is 61.1 cm³/mol. The van der Waals surface area contributed by atoms with Crippen LogP contribution in [0.1, 0.15) is 24.5 Å². The summed E-state index contributed by atoms with van der Waals surface area (Å²) < 4.78 is 43.3. The summed E-state index contributed by atoms with van der Waals surface area (Å²) >= 11 is 0. The van der Waals surface area contributed by atoms with Crippen LogP contribution in [-0.4, -0.2) is 6.61 Å². The molecule has 0 aromatic heterocycles. The molecule has 96 valence electrons. The van der Waals surface area contributed by atoms with Gasteiger partial charge in [-0.15, -0.1) is 6.58 Å². The first-order chi connectivity index (χ1) is 8.34. The molecule has 5 heteroatoms. The summed E-state index contributed by atoms with van der Waals surface area (Å²) in [5, 5.41) is 8.60. The van der Waals surface area contributed by atoms with Crippen molar-refractivity contribution in [3.8, 4) is 11.8 Å². The lowest BCUT2D eigenvalue weighted by Crippen LogP contribution is -2.10. The van der Waals surface area contributed by atoms with Crippen LogP contribution in [-0.2, 0) is 6.18 Å². The Morgan fingerprint density at radius 1 is 1.44 bits per heavy atom. The van der Waals surface area contributed by atoms with Crippen LogP contribution >= 0.6 is 0 Å². The largest absolute Gasteiger partial charge is 0.493 e. The van der Waals surface area contributed by atoms with E-state index in [0.29, 0.717) is 6.42 Å². The number of hydrogen-bond donors (Lipinski definition) is 0. The molecule has 0 aliphatic rings. The maximum Gasteiger partial charge on any atom is 0.420 e. The third-order valence-electron chi connectivity index (χ3n) is 2.20. The van der Waals surface area contributed by atoms with Gasteiger partial charge in [0.2, 0.25) is 0 Å². The van der Waals surface area contributed by atoms with Gasteiger partial charge in [-0.1, -0.05) is 5.57 Å². The summed E-state index contributed by atoms with van der Waals surface area (Å²) in [6.45, 7) is 5.54. The predicted octanol–water partition coefficient (Wildman–Crippen LogP) is 3.92. The quantitative estimate of drug-likeness (QED) is 0.764. The molecule has 2 nitrogen and oxygen atoms in total. The number of halogens is 3. The lowest BCUT2D eigenvalue weighted by atomic mass is 10.1. The first kappa shape index (κ1) is 14.1. The third kappa shape index (κ3) is 3.81. The minimum absolute atomic E-state index is 0.0467. The van der Waals surface area contributed by atoms with Crippen molar-refractivity contribution < 1.29 is 17.9 Å². The highest BCUT2D eigenvalue weighted by molar-refractivity contribution is 5.43. The molecule has 0 unspecified atom stereocenters. The van der Waals surface area contributed by atoms with E-state index in [1.807, 2.05) is 0 Å². The lowest BCUT2D eigenvalue weighted by molar-refractivity contribution is -0.138. The van der Waals surface area contributed by atoms with Crippen molar-refractivity contribution in [2.45, 2.75) is 19.5 Å². The van der Waals surface area contributed by atoms with E-state index < -0.39 is 11.7 Å². The molecule has 0 heterocycles. The molecule has 0 saturated carbocycles. The van der Waals surface area contributed by atoms with E-state index in [1.54, 1.807) is 13.0 Å². The van der Waals surface area contributed by atoms with Crippen molar-refractivity contribution >= 4 is 0 Å². The molecule has 1 aromatic carbocycles. The van der Waals surface area contributed by atoms with Crippen LogP contribution in [0.5, 0.6) is 5.75 Å². The molecule has 0 bridgehead atoms.